The van der Waals surface area contributed by atoms with E-state index in [1.807, 2.05) is 49.8 Å². The van der Waals surface area contributed by atoms with Crippen molar-refractivity contribution in [2.75, 3.05) is 7.11 Å². The van der Waals surface area contributed by atoms with Crippen molar-refractivity contribution in [2.24, 2.45) is 7.05 Å². The minimum Gasteiger partial charge on any atom is -0.497 e. The van der Waals surface area contributed by atoms with E-state index in [1.54, 1.807) is 11.8 Å². The predicted octanol–water partition coefficient (Wildman–Crippen LogP) is 1.84. The quantitative estimate of drug-likeness (QED) is 0.707. The molecule has 2 aromatic heterocycles. The van der Waals surface area contributed by atoms with Crippen LogP contribution in [0.2, 0.25) is 0 Å². The summed E-state index contributed by atoms with van der Waals surface area (Å²) in [5.41, 5.74) is 4.96. The van der Waals surface area contributed by atoms with Gasteiger partial charge in [-0.05, 0) is 31.5 Å². The average molecular weight is 396 g/mol. The number of nitrogens with zero attached hydrogens (tertiary/aromatic N) is 5. The van der Waals surface area contributed by atoms with Gasteiger partial charge in [-0.1, -0.05) is 17.3 Å². The van der Waals surface area contributed by atoms with Crippen LogP contribution in [-0.4, -0.2) is 37.8 Å². The number of carbonyl (C=O) groups excluding carboxylic acids is 1. The molecule has 1 atom stereocenters. The van der Waals surface area contributed by atoms with Gasteiger partial charge >= 0.3 is 0 Å². The molecule has 3 aromatic rings. The molecule has 3 heterocycles. The van der Waals surface area contributed by atoms with Gasteiger partial charge < -0.3 is 14.8 Å². The van der Waals surface area contributed by atoms with Crippen molar-refractivity contribution in [2.45, 2.75) is 39.6 Å². The third-order valence-electron chi connectivity index (χ3n) is 5.38. The first-order valence-corrected chi connectivity index (χ1v) is 9.43. The van der Waals surface area contributed by atoms with E-state index in [1.165, 1.54) is 0 Å². The van der Waals surface area contributed by atoms with Crippen molar-refractivity contribution in [1.29, 1.82) is 0 Å². The van der Waals surface area contributed by atoms with E-state index in [0.717, 1.165) is 28.3 Å². The second kappa shape index (κ2) is 7.67. The van der Waals surface area contributed by atoms with Crippen LogP contribution in [0.4, 0.5) is 0 Å². The molecule has 0 bridgehead atoms. The third kappa shape index (κ3) is 3.61. The Hall–Kier alpha value is -3.20. The smallest absolute Gasteiger partial charge is 0.274 e. The molecule has 4 rings (SSSR count). The van der Waals surface area contributed by atoms with Gasteiger partial charge in [-0.3, -0.25) is 9.48 Å². The standard InChI is InChI=1S/C20H24N6O3/c1-12-16(13(2)25(3)23-12)9-21-20(27)19-17-11-29-18(10-26(17)24-22-19)14-5-7-15(28-4)8-6-14/h5-8,18H,9-11H2,1-4H3,(H,21,27). The van der Waals surface area contributed by atoms with Crippen molar-refractivity contribution in [3.8, 4) is 5.75 Å². The van der Waals surface area contributed by atoms with Crippen LogP contribution in [-0.2, 0) is 31.5 Å². The number of nitrogens with one attached hydrogen (secondary N) is 1. The van der Waals surface area contributed by atoms with E-state index < -0.39 is 0 Å². The summed E-state index contributed by atoms with van der Waals surface area (Å²) in [6.45, 7) is 5.09. The van der Waals surface area contributed by atoms with Gasteiger partial charge in [0, 0.05) is 24.8 Å². The normalized spacial score (nSPS) is 15.8. The number of carbonyl (C=O) groups is 1. The van der Waals surface area contributed by atoms with Gasteiger partial charge in [-0.15, -0.1) is 5.10 Å². The van der Waals surface area contributed by atoms with Gasteiger partial charge in [0.1, 0.15) is 11.9 Å². The van der Waals surface area contributed by atoms with Crippen LogP contribution in [0.25, 0.3) is 0 Å². The first-order chi connectivity index (χ1) is 14.0. The number of ether oxygens (including phenoxy) is 2. The van der Waals surface area contributed by atoms with Crippen LogP contribution in [0.1, 0.15) is 44.8 Å². The molecular weight excluding hydrogens is 372 g/mol. The molecule has 1 N–H and O–H groups in total. The Morgan fingerprint density at radius 1 is 1.31 bits per heavy atom. The number of amides is 1. The zero-order valence-corrected chi connectivity index (χ0v) is 17.0. The molecule has 0 aliphatic carbocycles. The molecule has 9 heteroatoms. The van der Waals surface area contributed by atoms with Crippen molar-refractivity contribution in [3.63, 3.8) is 0 Å². The Morgan fingerprint density at radius 3 is 2.72 bits per heavy atom. The summed E-state index contributed by atoms with van der Waals surface area (Å²) in [6.07, 6.45) is -0.147. The maximum absolute atomic E-state index is 12.7. The summed E-state index contributed by atoms with van der Waals surface area (Å²) >= 11 is 0. The molecular formula is C20H24N6O3. The number of hydrogen-bond donors (Lipinski definition) is 1. The number of fused-ring (bicyclic) bond motifs is 1. The Morgan fingerprint density at radius 2 is 2.07 bits per heavy atom. The van der Waals surface area contributed by atoms with Crippen molar-refractivity contribution in [3.05, 3.63) is 58.2 Å². The Balaban J connectivity index is 1.45. The first-order valence-electron chi connectivity index (χ1n) is 9.43. The molecule has 0 saturated heterocycles. The Bertz CT molecular complexity index is 1040. The van der Waals surface area contributed by atoms with E-state index in [-0.39, 0.29) is 18.6 Å². The van der Waals surface area contributed by atoms with E-state index in [0.29, 0.717) is 24.5 Å². The number of aryl methyl sites for hydroxylation is 2. The summed E-state index contributed by atoms with van der Waals surface area (Å²) in [5, 5.41) is 15.6. The minimum absolute atomic E-state index is 0.147. The second-order valence-electron chi connectivity index (χ2n) is 7.10. The number of hydrogen-bond acceptors (Lipinski definition) is 6. The Labute approximate surface area is 168 Å². The van der Waals surface area contributed by atoms with Crippen LogP contribution in [0, 0.1) is 13.8 Å². The number of rotatable bonds is 5. The van der Waals surface area contributed by atoms with E-state index >= 15 is 0 Å². The lowest BCUT2D eigenvalue weighted by molar-refractivity contribution is -0.00179. The van der Waals surface area contributed by atoms with E-state index in [4.69, 9.17) is 9.47 Å². The van der Waals surface area contributed by atoms with E-state index in [2.05, 4.69) is 20.7 Å². The maximum atomic E-state index is 12.7. The monoisotopic (exact) mass is 396 g/mol. The molecule has 1 unspecified atom stereocenters. The fourth-order valence-corrected chi connectivity index (χ4v) is 3.53. The van der Waals surface area contributed by atoms with Gasteiger partial charge in [0.2, 0.25) is 0 Å². The highest BCUT2D eigenvalue weighted by Gasteiger charge is 2.28. The number of benzene rings is 1. The van der Waals surface area contributed by atoms with Crippen LogP contribution in [0.3, 0.4) is 0 Å². The minimum atomic E-state index is -0.264. The molecule has 1 amide bonds. The van der Waals surface area contributed by atoms with Crippen LogP contribution >= 0.6 is 0 Å². The molecule has 1 aliphatic rings. The summed E-state index contributed by atoms with van der Waals surface area (Å²) in [4.78, 5) is 12.7. The van der Waals surface area contributed by atoms with Crippen molar-refractivity contribution in [1.82, 2.24) is 30.1 Å². The topological polar surface area (TPSA) is 96.1 Å². The molecule has 9 nitrogen and oxygen atoms in total. The third-order valence-corrected chi connectivity index (χ3v) is 5.38. The zero-order chi connectivity index (χ0) is 20.5. The molecule has 0 saturated carbocycles. The van der Waals surface area contributed by atoms with Gasteiger partial charge in [-0.25, -0.2) is 4.68 Å². The van der Waals surface area contributed by atoms with Crippen LogP contribution in [0.5, 0.6) is 5.75 Å². The van der Waals surface area contributed by atoms with Gasteiger partial charge in [0.25, 0.3) is 5.91 Å². The lowest BCUT2D eigenvalue weighted by atomic mass is 10.1. The molecule has 152 valence electrons. The molecule has 29 heavy (non-hydrogen) atoms. The largest absolute Gasteiger partial charge is 0.497 e. The molecule has 1 aromatic carbocycles. The van der Waals surface area contributed by atoms with Crippen molar-refractivity contribution >= 4 is 5.91 Å². The zero-order valence-electron chi connectivity index (χ0n) is 17.0. The summed E-state index contributed by atoms with van der Waals surface area (Å²) < 4.78 is 14.7. The van der Waals surface area contributed by atoms with Crippen LogP contribution in [0.15, 0.2) is 24.3 Å². The van der Waals surface area contributed by atoms with Crippen molar-refractivity contribution < 1.29 is 14.3 Å². The predicted molar refractivity (Wildman–Crippen MR) is 104 cm³/mol. The lowest BCUT2D eigenvalue weighted by Gasteiger charge is -2.24. The molecule has 0 fully saturated rings. The van der Waals surface area contributed by atoms with Gasteiger partial charge in [0.05, 0.1) is 31.6 Å². The summed E-state index contributed by atoms with van der Waals surface area (Å²) in [5.74, 6) is 0.532. The fourth-order valence-electron chi connectivity index (χ4n) is 3.53. The van der Waals surface area contributed by atoms with Gasteiger partial charge in [0.15, 0.2) is 5.69 Å². The summed E-state index contributed by atoms with van der Waals surface area (Å²) in [6, 6.07) is 7.74. The lowest BCUT2D eigenvalue weighted by Crippen LogP contribution is -2.27. The highest BCUT2D eigenvalue weighted by Crippen LogP contribution is 2.28. The fraction of sp³-hybridized carbons (Fsp3) is 0.400. The highest BCUT2D eigenvalue weighted by molar-refractivity contribution is 5.93. The Kier molecular flexibility index (Phi) is 5.06. The molecule has 1 aliphatic heterocycles. The average Bonchev–Trinajstić information content (AvgIpc) is 3.26. The maximum Gasteiger partial charge on any atom is 0.274 e. The SMILES string of the molecule is COc1ccc(C2Cn3nnc(C(=O)NCc4c(C)nn(C)c4C)c3CO2)cc1. The number of aromatic nitrogens is 5. The molecule has 0 spiro atoms. The van der Waals surface area contributed by atoms with E-state index in [9.17, 15) is 4.79 Å². The summed E-state index contributed by atoms with van der Waals surface area (Å²) in [7, 11) is 3.53. The highest BCUT2D eigenvalue weighted by atomic mass is 16.5. The number of methoxy groups -OCH3 is 1. The van der Waals surface area contributed by atoms with Gasteiger partial charge in [-0.2, -0.15) is 5.10 Å². The molecule has 0 radical (unpaired) electrons. The van der Waals surface area contributed by atoms with Crippen LogP contribution < -0.4 is 10.1 Å². The second-order valence-corrected chi connectivity index (χ2v) is 7.10. The first kappa shape index (κ1) is 19.1.